The predicted octanol–water partition coefficient (Wildman–Crippen LogP) is -0.236. The Balaban J connectivity index is 0. The van der Waals surface area contributed by atoms with Gasteiger partial charge in [0.15, 0.2) is 0 Å². The molecule has 0 heterocycles. The van der Waals surface area contributed by atoms with Crippen molar-refractivity contribution in [3.8, 4) is 0 Å². The molecule has 2 N–H and O–H groups in total. The van der Waals surface area contributed by atoms with E-state index in [1.165, 1.54) is 0 Å². The van der Waals surface area contributed by atoms with Crippen molar-refractivity contribution in [2.75, 3.05) is 0 Å². The van der Waals surface area contributed by atoms with Crippen LogP contribution in [0.1, 0.15) is 6.42 Å². The summed E-state index contributed by atoms with van der Waals surface area (Å²) in [6.45, 7) is 6.53. The quantitative estimate of drug-likeness (QED) is 0.591. The topological polar surface area (TPSA) is 40.5 Å². The van der Waals surface area contributed by atoms with Crippen molar-refractivity contribution >= 4 is 0 Å². The smallest absolute Gasteiger partial charge is 0.0247 e. The molecular formula is C5H10O2Y-2. The summed E-state index contributed by atoms with van der Waals surface area (Å²) in [5.41, 5.74) is 0. The average molecular weight is 191 g/mol. The van der Waals surface area contributed by atoms with Crippen molar-refractivity contribution in [1.29, 1.82) is 0 Å². The molecule has 0 bridgehead atoms. The van der Waals surface area contributed by atoms with Gasteiger partial charge >= 0.3 is 0 Å². The maximum atomic E-state index is 8.56. The van der Waals surface area contributed by atoms with Crippen LogP contribution in [0.5, 0.6) is 0 Å². The minimum Gasteiger partial charge on any atom is -0.423 e. The van der Waals surface area contributed by atoms with E-state index in [0.29, 0.717) is 6.42 Å². The zero-order chi connectivity index (χ0) is 5.86. The summed E-state index contributed by atoms with van der Waals surface area (Å²) in [6.07, 6.45) is -1.34. The van der Waals surface area contributed by atoms with Crippen LogP contribution in [0.15, 0.2) is 0 Å². The fourth-order valence-corrected chi connectivity index (χ4v) is 0.192. The molecule has 0 aliphatic heterocycles. The van der Waals surface area contributed by atoms with E-state index in [1.54, 1.807) is 0 Å². The third-order valence-electron chi connectivity index (χ3n) is 0.740. The van der Waals surface area contributed by atoms with Gasteiger partial charge in [0.1, 0.15) is 0 Å². The van der Waals surface area contributed by atoms with E-state index in [0.717, 1.165) is 0 Å². The molecule has 0 aromatic rings. The van der Waals surface area contributed by atoms with Crippen LogP contribution in [0, 0.1) is 13.8 Å². The zero-order valence-electron chi connectivity index (χ0n) is 4.75. The third kappa shape index (κ3) is 5.17. The maximum Gasteiger partial charge on any atom is 0.0247 e. The van der Waals surface area contributed by atoms with E-state index in [1.807, 2.05) is 0 Å². The van der Waals surface area contributed by atoms with E-state index < -0.39 is 12.2 Å². The summed E-state index contributed by atoms with van der Waals surface area (Å²) in [5, 5.41) is 17.0. The standard InChI is InChI=1S/C5H10O2.Y/c1-3-5(7)4(2)6;/h4-7H,1-3H2;/q-2;/t4-,5-;/m0./s1. The first-order chi connectivity index (χ1) is 3.18. The molecule has 0 aromatic heterocycles. The second kappa shape index (κ2) is 6.15. The van der Waals surface area contributed by atoms with Gasteiger partial charge < -0.3 is 24.1 Å². The molecule has 0 aromatic carbocycles. The average Bonchev–Trinajstić information content (AvgIpc) is 1.65. The molecule has 0 aliphatic rings. The van der Waals surface area contributed by atoms with E-state index >= 15 is 0 Å². The molecule has 0 aliphatic carbocycles. The van der Waals surface area contributed by atoms with E-state index in [2.05, 4.69) is 13.8 Å². The first-order valence-electron chi connectivity index (χ1n) is 2.17. The van der Waals surface area contributed by atoms with Gasteiger partial charge in [0.25, 0.3) is 0 Å². The summed E-state index contributed by atoms with van der Waals surface area (Å²) in [6, 6.07) is 0. The number of aliphatic hydroxyl groups excluding tert-OH is 2. The molecular weight excluding hydrogens is 181 g/mol. The van der Waals surface area contributed by atoms with Gasteiger partial charge in [0, 0.05) is 38.8 Å². The second-order valence-electron chi connectivity index (χ2n) is 1.42. The maximum absolute atomic E-state index is 8.56. The van der Waals surface area contributed by atoms with Crippen molar-refractivity contribution in [1.82, 2.24) is 0 Å². The largest absolute Gasteiger partial charge is 0.423 e. The second-order valence-corrected chi connectivity index (χ2v) is 1.42. The van der Waals surface area contributed by atoms with E-state index in [9.17, 15) is 0 Å². The molecule has 0 saturated carbocycles. The SMILES string of the molecule is [CH2-]C[C@H](O)[C@H]([CH2-])O.[Y]. The minimum atomic E-state index is -0.891. The van der Waals surface area contributed by atoms with Crippen molar-refractivity contribution in [3.05, 3.63) is 13.8 Å². The van der Waals surface area contributed by atoms with Gasteiger partial charge in [0.2, 0.25) is 0 Å². The normalized spacial score (nSPS) is 16.5. The molecule has 8 heavy (non-hydrogen) atoms. The van der Waals surface area contributed by atoms with E-state index in [4.69, 9.17) is 10.2 Å². The Bertz CT molecular complexity index is 47.7. The van der Waals surface area contributed by atoms with Gasteiger partial charge in [-0.05, 0) is 6.10 Å². The molecule has 0 rings (SSSR count). The van der Waals surface area contributed by atoms with Crippen LogP contribution in [0.4, 0.5) is 0 Å². The molecule has 3 heteroatoms. The van der Waals surface area contributed by atoms with Crippen LogP contribution in [-0.2, 0) is 32.7 Å². The predicted molar refractivity (Wildman–Crippen MR) is 27.3 cm³/mol. The van der Waals surface area contributed by atoms with Crippen molar-refractivity contribution < 1.29 is 42.9 Å². The van der Waals surface area contributed by atoms with Gasteiger partial charge in [0.05, 0.1) is 0 Å². The Hall–Kier alpha value is 1.02. The molecule has 0 spiro atoms. The first-order valence-corrected chi connectivity index (χ1v) is 2.17. The molecule has 2 nitrogen and oxygen atoms in total. The number of rotatable bonds is 2. The molecule has 0 amide bonds. The number of aliphatic hydroxyl groups is 2. The monoisotopic (exact) mass is 191 g/mol. The Morgan fingerprint density at radius 2 is 1.75 bits per heavy atom. The Morgan fingerprint density at radius 1 is 1.38 bits per heavy atom. The van der Waals surface area contributed by atoms with Crippen LogP contribution in [0.3, 0.4) is 0 Å². The summed E-state index contributed by atoms with van der Waals surface area (Å²) in [5.74, 6) is 0. The molecule has 2 atom stereocenters. The fraction of sp³-hybridized carbons (Fsp3) is 0.600. The van der Waals surface area contributed by atoms with Gasteiger partial charge in [-0.2, -0.15) is 6.42 Å². The summed E-state index contributed by atoms with van der Waals surface area (Å²) < 4.78 is 0. The zero-order valence-corrected chi connectivity index (χ0v) is 7.59. The first kappa shape index (κ1) is 11.8. The number of hydrogen-bond donors (Lipinski definition) is 2. The van der Waals surface area contributed by atoms with Crippen molar-refractivity contribution in [2.24, 2.45) is 0 Å². The summed E-state index contributed by atoms with van der Waals surface area (Å²) in [7, 11) is 0. The number of hydrogen-bond acceptors (Lipinski definition) is 2. The van der Waals surface area contributed by atoms with Crippen molar-refractivity contribution in [3.63, 3.8) is 0 Å². The minimum absolute atomic E-state index is 0. The van der Waals surface area contributed by atoms with Gasteiger partial charge in [-0.1, -0.05) is 0 Å². The molecule has 0 unspecified atom stereocenters. The molecule has 0 fully saturated rings. The van der Waals surface area contributed by atoms with Crippen LogP contribution >= 0.6 is 0 Å². The van der Waals surface area contributed by atoms with Crippen LogP contribution < -0.4 is 0 Å². The van der Waals surface area contributed by atoms with Crippen LogP contribution in [0.2, 0.25) is 0 Å². The third-order valence-corrected chi connectivity index (χ3v) is 0.740. The summed E-state index contributed by atoms with van der Waals surface area (Å²) >= 11 is 0. The molecule has 47 valence electrons. The van der Waals surface area contributed by atoms with Crippen LogP contribution in [-0.4, -0.2) is 22.4 Å². The van der Waals surface area contributed by atoms with Gasteiger partial charge in [-0.15, -0.1) is 0 Å². The van der Waals surface area contributed by atoms with Gasteiger partial charge in [-0.3, -0.25) is 0 Å². The van der Waals surface area contributed by atoms with Crippen molar-refractivity contribution in [2.45, 2.75) is 18.6 Å². The van der Waals surface area contributed by atoms with Crippen LogP contribution in [0.25, 0.3) is 0 Å². The van der Waals surface area contributed by atoms with Gasteiger partial charge in [-0.25, -0.2) is 0 Å². The summed E-state index contributed by atoms with van der Waals surface area (Å²) in [4.78, 5) is 0. The Morgan fingerprint density at radius 3 is 1.75 bits per heavy atom. The Labute approximate surface area is 75.2 Å². The fourth-order valence-electron chi connectivity index (χ4n) is 0.192. The van der Waals surface area contributed by atoms with E-state index in [-0.39, 0.29) is 32.7 Å². The molecule has 0 saturated heterocycles. The molecule has 1 radical (unpaired) electrons. The Kier molecular flexibility index (Phi) is 9.05.